The Hall–Kier alpha value is -3.32. The van der Waals surface area contributed by atoms with Crippen molar-refractivity contribution in [3.8, 4) is 16.9 Å². The zero-order chi connectivity index (χ0) is 23.2. The molecule has 0 aliphatic carbocycles. The van der Waals surface area contributed by atoms with Crippen LogP contribution < -0.4 is 11.2 Å². The molecule has 4 aromatic rings. The maximum Gasteiger partial charge on any atom is 0.334 e. The van der Waals surface area contributed by atoms with Gasteiger partial charge in [-0.25, -0.2) is 24.3 Å². The van der Waals surface area contributed by atoms with E-state index in [1.165, 1.54) is 10.9 Å². The molecule has 1 N–H and O–H groups in total. The minimum atomic E-state index is -0.591. The molecule has 0 bridgehead atoms. The smallest absolute Gasteiger partial charge is 0.273 e. The number of hydrogen-bond acceptors (Lipinski definition) is 5. The van der Waals surface area contributed by atoms with Gasteiger partial charge in [0.25, 0.3) is 5.56 Å². The van der Waals surface area contributed by atoms with E-state index in [1.807, 2.05) is 58.9 Å². The van der Waals surface area contributed by atoms with Crippen LogP contribution in [0.1, 0.15) is 56.5 Å². The zero-order valence-corrected chi connectivity index (χ0v) is 19.4. The predicted octanol–water partition coefficient (Wildman–Crippen LogP) is 4.74. The molecule has 0 unspecified atom stereocenters. The van der Waals surface area contributed by atoms with Crippen molar-refractivity contribution in [3.63, 3.8) is 0 Å². The number of aromatic amines is 1. The number of rotatable bonds is 4. The number of H-pyrrole nitrogens is 1. The summed E-state index contributed by atoms with van der Waals surface area (Å²) in [5.41, 5.74) is 3.36. The summed E-state index contributed by atoms with van der Waals surface area (Å²) in [4.78, 5) is 42.0. The van der Waals surface area contributed by atoms with Crippen molar-refractivity contribution in [3.05, 3.63) is 79.5 Å². The standard InChI is InChI=1S/C24H24ClN5O2/c1-12(2)18-21(19(13(3)4)27-11-26-18)30-22-16(23(31)29-24(30)32)10-17(25)20(28-22)15-9-7-6-8-14(15)5/h6-13H,1-5H3,(H,29,31,32). The number of fused-ring (bicyclic) bond motifs is 1. The van der Waals surface area contributed by atoms with Gasteiger partial charge in [-0.15, -0.1) is 0 Å². The maximum absolute atomic E-state index is 13.2. The van der Waals surface area contributed by atoms with E-state index in [0.717, 1.165) is 11.1 Å². The highest BCUT2D eigenvalue weighted by Gasteiger charge is 2.23. The number of nitrogens with one attached hydrogen (secondary N) is 1. The molecule has 3 aromatic heterocycles. The van der Waals surface area contributed by atoms with Crippen molar-refractivity contribution in [2.45, 2.75) is 46.5 Å². The second kappa shape index (κ2) is 8.31. The molecule has 0 fully saturated rings. The fourth-order valence-electron chi connectivity index (χ4n) is 3.85. The maximum atomic E-state index is 13.2. The second-order valence-electron chi connectivity index (χ2n) is 8.40. The lowest BCUT2D eigenvalue weighted by Crippen LogP contribution is -2.32. The number of hydrogen-bond donors (Lipinski definition) is 1. The average Bonchev–Trinajstić information content (AvgIpc) is 2.74. The Morgan fingerprint density at radius 2 is 1.62 bits per heavy atom. The third-order valence-electron chi connectivity index (χ3n) is 5.43. The van der Waals surface area contributed by atoms with E-state index >= 15 is 0 Å². The first-order chi connectivity index (χ1) is 15.2. The van der Waals surface area contributed by atoms with E-state index in [-0.39, 0.29) is 22.9 Å². The summed E-state index contributed by atoms with van der Waals surface area (Å²) < 4.78 is 1.42. The molecule has 0 aliphatic rings. The summed E-state index contributed by atoms with van der Waals surface area (Å²) in [6, 6.07) is 9.26. The molecule has 0 aliphatic heterocycles. The summed E-state index contributed by atoms with van der Waals surface area (Å²) in [5, 5.41) is 0.556. The number of benzene rings is 1. The van der Waals surface area contributed by atoms with Crippen molar-refractivity contribution < 1.29 is 0 Å². The van der Waals surface area contributed by atoms with Gasteiger partial charge in [0, 0.05) is 5.56 Å². The topological polar surface area (TPSA) is 93.5 Å². The molecule has 0 saturated heterocycles. The van der Waals surface area contributed by atoms with Gasteiger partial charge in [0.15, 0.2) is 5.65 Å². The highest BCUT2D eigenvalue weighted by atomic mass is 35.5. The van der Waals surface area contributed by atoms with Gasteiger partial charge in [-0.2, -0.15) is 0 Å². The van der Waals surface area contributed by atoms with Crippen LogP contribution in [-0.2, 0) is 0 Å². The lowest BCUT2D eigenvalue weighted by molar-refractivity contribution is 0.734. The van der Waals surface area contributed by atoms with Crippen molar-refractivity contribution in [2.75, 3.05) is 0 Å². The number of halogens is 1. The number of nitrogens with zero attached hydrogens (tertiary/aromatic N) is 4. The molecule has 0 amide bonds. The third kappa shape index (κ3) is 3.62. The molecule has 7 nitrogen and oxygen atoms in total. The summed E-state index contributed by atoms with van der Waals surface area (Å²) in [5.74, 6) is 0.0324. The first kappa shape index (κ1) is 21.9. The molecule has 4 rings (SSSR count). The first-order valence-electron chi connectivity index (χ1n) is 10.5. The highest BCUT2D eigenvalue weighted by molar-refractivity contribution is 6.33. The van der Waals surface area contributed by atoms with Crippen molar-refractivity contribution in [1.29, 1.82) is 0 Å². The molecule has 3 heterocycles. The lowest BCUT2D eigenvalue weighted by Gasteiger charge is -2.20. The van der Waals surface area contributed by atoms with Crippen LogP contribution in [0.3, 0.4) is 0 Å². The van der Waals surface area contributed by atoms with Gasteiger partial charge in [0.2, 0.25) is 0 Å². The van der Waals surface area contributed by atoms with Gasteiger partial charge in [0.1, 0.15) is 6.33 Å². The van der Waals surface area contributed by atoms with Gasteiger partial charge in [-0.05, 0) is 30.4 Å². The molecule has 8 heteroatoms. The largest absolute Gasteiger partial charge is 0.334 e. The van der Waals surface area contributed by atoms with Crippen LogP contribution in [0.15, 0.2) is 46.2 Å². The van der Waals surface area contributed by atoms with E-state index < -0.39 is 11.2 Å². The molecule has 1 aromatic carbocycles. The van der Waals surface area contributed by atoms with Crippen LogP contribution in [0, 0.1) is 6.92 Å². The van der Waals surface area contributed by atoms with Crippen LogP contribution in [0.5, 0.6) is 0 Å². The van der Waals surface area contributed by atoms with Crippen LogP contribution in [-0.4, -0.2) is 24.5 Å². The minimum absolute atomic E-state index is 0.0162. The van der Waals surface area contributed by atoms with Gasteiger partial charge in [0.05, 0.1) is 33.2 Å². The van der Waals surface area contributed by atoms with Gasteiger partial charge in [-0.3, -0.25) is 9.78 Å². The predicted molar refractivity (Wildman–Crippen MR) is 127 cm³/mol. The molecule has 164 valence electrons. The monoisotopic (exact) mass is 449 g/mol. The number of aryl methyl sites for hydroxylation is 1. The average molecular weight is 450 g/mol. The van der Waals surface area contributed by atoms with Crippen molar-refractivity contribution in [2.24, 2.45) is 0 Å². The normalized spacial score (nSPS) is 11.6. The second-order valence-corrected chi connectivity index (χ2v) is 8.81. The quantitative estimate of drug-likeness (QED) is 0.485. The highest BCUT2D eigenvalue weighted by Crippen LogP contribution is 2.32. The molecular formula is C24H24ClN5O2. The van der Waals surface area contributed by atoms with E-state index in [9.17, 15) is 9.59 Å². The lowest BCUT2D eigenvalue weighted by atomic mass is 10.0. The van der Waals surface area contributed by atoms with Crippen LogP contribution in [0.4, 0.5) is 0 Å². The summed E-state index contributed by atoms with van der Waals surface area (Å²) in [6.07, 6.45) is 1.51. The Labute approximate surface area is 190 Å². The van der Waals surface area contributed by atoms with Gasteiger partial charge >= 0.3 is 5.69 Å². The van der Waals surface area contributed by atoms with E-state index in [2.05, 4.69) is 15.0 Å². The molecule has 32 heavy (non-hydrogen) atoms. The fourth-order valence-corrected chi connectivity index (χ4v) is 4.10. The SMILES string of the molecule is Cc1ccccc1-c1nc2c(cc1Cl)c(=O)[nH]c(=O)n2-c1c(C(C)C)ncnc1C(C)C. The summed E-state index contributed by atoms with van der Waals surface area (Å²) >= 11 is 6.56. The summed E-state index contributed by atoms with van der Waals surface area (Å²) in [6.45, 7) is 9.95. The molecule has 0 spiro atoms. The zero-order valence-electron chi connectivity index (χ0n) is 18.6. The molecule has 0 atom stereocenters. The number of pyridine rings is 1. The van der Waals surface area contributed by atoms with E-state index in [0.29, 0.717) is 27.8 Å². The third-order valence-corrected chi connectivity index (χ3v) is 5.72. The Bertz CT molecular complexity index is 1430. The van der Waals surface area contributed by atoms with Crippen molar-refractivity contribution >= 4 is 22.6 Å². The Morgan fingerprint density at radius 3 is 2.22 bits per heavy atom. The fraction of sp³-hybridized carbons (Fsp3) is 0.292. The van der Waals surface area contributed by atoms with E-state index in [4.69, 9.17) is 16.6 Å². The van der Waals surface area contributed by atoms with Gasteiger partial charge in [-0.1, -0.05) is 63.6 Å². The molecular weight excluding hydrogens is 426 g/mol. The van der Waals surface area contributed by atoms with Crippen molar-refractivity contribution in [1.82, 2.24) is 24.5 Å². The van der Waals surface area contributed by atoms with Crippen LogP contribution in [0.25, 0.3) is 28.0 Å². The Kier molecular flexibility index (Phi) is 5.69. The van der Waals surface area contributed by atoms with E-state index in [1.54, 1.807) is 6.07 Å². The molecule has 0 radical (unpaired) electrons. The Balaban J connectivity index is 2.20. The summed E-state index contributed by atoms with van der Waals surface area (Å²) in [7, 11) is 0. The van der Waals surface area contributed by atoms with Gasteiger partial charge < -0.3 is 0 Å². The number of aromatic nitrogens is 5. The Morgan fingerprint density at radius 1 is 1.00 bits per heavy atom. The molecule has 0 saturated carbocycles. The first-order valence-corrected chi connectivity index (χ1v) is 10.8. The van der Waals surface area contributed by atoms with Crippen LogP contribution in [0.2, 0.25) is 5.02 Å². The minimum Gasteiger partial charge on any atom is -0.273 e. The van der Waals surface area contributed by atoms with Crippen LogP contribution >= 0.6 is 11.6 Å².